The quantitative estimate of drug-likeness (QED) is 0.569. The molecule has 0 spiro atoms. The van der Waals surface area contributed by atoms with Crippen LogP contribution in [-0.2, 0) is 4.79 Å². The van der Waals surface area contributed by atoms with E-state index in [2.05, 4.69) is 10.6 Å². The van der Waals surface area contributed by atoms with E-state index in [9.17, 15) is 9.90 Å². The Hall–Kier alpha value is -0.650. The molecule has 0 radical (unpaired) electrons. The van der Waals surface area contributed by atoms with Gasteiger partial charge in [0.05, 0.1) is 18.8 Å². The summed E-state index contributed by atoms with van der Waals surface area (Å²) in [6.45, 7) is 0.707. The highest BCUT2D eigenvalue weighted by molar-refractivity contribution is 5.81. The van der Waals surface area contributed by atoms with Gasteiger partial charge in [0.25, 0.3) is 0 Å². The van der Waals surface area contributed by atoms with Crippen molar-refractivity contribution in [2.24, 2.45) is 11.8 Å². The minimum Gasteiger partial charge on any atom is -0.394 e. The van der Waals surface area contributed by atoms with Gasteiger partial charge in [-0.15, -0.1) is 0 Å². The van der Waals surface area contributed by atoms with Crippen LogP contribution in [0.3, 0.4) is 0 Å². The smallest absolute Gasteiger partial charge is 0.237 e. The Bertz CT molecular complexity index is 332. The van der Waals surface area contributed by atoms with Crippen LogP contribution >= 0.6 is 0 Å². The number of hydrogen-bond donors (Lipinski definition) is 4. The fraction of sp³-hybridized carbons (Fsp3) is 0.941. The predicted molar refractivity (Wildman–Crippen MR) is 86.4 cm³/mol. The van der Waals surface area contributed by atoms with Crippen LogP contribution < -0.4 is 10.6 Å². The molecule has 0 unspecified atom stereocenters. The van der Waals surface area contributed by atoms with E-state index in [0.717, 1.165) is 25.3 Å². The number of hydrogen-bond acceptors (Lipinski definition) is 4. The SMILES string of the molecule is O=C(NC[C@H](O)CO)[C@@H]1C[C@H](CCC2CCCCC2)CCN1. The van der Waals surface area contributed by atoms with Gasteiger partial charge in [0, 0.05) is 6.54 Å². The zero-order chi connectivity index (χ0) is 15.8. The largest absolute Gasteiger partial charge is 0.394 e. The minimum atomic E-state index is -0.866. The molecule has 2 aliphatic rings. The van der Waals surface area contributed by atoms with Crippen molar-refractivity contribution < 1.29 is 15.0 Å². The second kappa shape index (κ2) is 9.48. The second-order valence-electron chi connectivity index (χ2n) is 7.06. The van der Waals surface area contributed by atoms with E-state index in [4.69, 9.17) is 5.11 Å². The number of rotatable bonds is 7. The fourth-order valence-corrected chi connectivity index (χ4v) is 3.81. The molecule has 5 nitrogen and oxygen atoms in total. The van der Waals surface area contributed by atoms with Crippen LogP contribution in [0.4, 0.5) is 0 Å². The Morgan fingerprint density at radius 2 is 1.86 bits per heavy atom. The third-order valence-electron chi connectivity index (χ3n) is 5.26. The van der Waals surface area contributed by atoms with E-state index in [1.165, 1.54) is 44.9 Å². The number of piperidine rings is 1. The summed E-state index contributed by atoms with van der Waals surface area (Å²) >= 11 is 0. The third-order valence-corrected chi connectivity index (χ3v) is 5.26. The molecule has 4 N–H and O–H groups in total. The van der Waals surface area contributed by atoms with Crippen LogP contribution in [0.25, 0.3) is 0 Å². The van der Waals surface area contributed by atoms with Gasteiger partial charge in [0.2, 0.25) is 5.91 Å². The monoisotopic (exact) mass is 312 g/mol. The molecule has 1 saturated carbocycles. The number of carbonyl (C=O) groups is 1. The zero-order valence-electron chi connectivity index (χ0n) is 13.6. The average Bonchev–Trinajstić information content (AvgIpc) is 2.58. The van der Waals surface area contributed by atoms with Crippen molar-refractivity contribution in [2.45, 2.75) is 69.9 Å². The molecular formula is C17H32N2O3. The molecule has 2 fully saturated rings. The lowest BCUT2D eigenvalue weighted by molar-refractivity contribution is -0.124. The molecule has 128 valence electrons. The maximum atomic E-state index is 12.1. The standard InChI is InChI=1S/C17H32N2O3/c20-12-15(21)11-19-17(22)16-10-14(8-9-18-16)7-6-13-4-2-1-3-5-13/h13-16,18,20-21H,1-12H2,(H,19,22)/t14-,15+,16+/m1/s1. The summed E-state index contributed by atoms with van der Waals surface area (Å²) in [5, 5.41) is 24.1. The Morgan fingerprint density at radius 3 is 2.59 bits per heavy atom. The summed E-state index contributed by atoms with van der Waals surface area (Å²) < 4.78 is 0. The van der Waals surface area contributed by atoms with Crippen LogP contribution in [0, 0.1) is 11.8 Å². The fourth-order valence-electron chi connectivity index (χ4n) is 3.81. The van der Waals surface area contributed by atoms with E-state index in [0.29, 0.717) is 5.92 Å². The Labute approximate surface area is 133 Å². The molecule has 0 aromatic heterocycles. The van der Waals surface area contributed by atoms with Crippen LogP contribution in [-0.4, -0.2) is 48.0 Å². The van der Waals surface area contributed by atoms with Crippen LogP contribution in [0.5, 0.6) is 0 Å². The van der Waals surface area contributed by atoms with Crippen molar-refractivity contribution in [1.82, 2.24) is 10.6 Å². The van der Waals surface area contributed by atoms with Crippen molar-refractivity contribution in [1.29, 1.82) is 0 Å². The summed E-state index contributed by atoms with van der Waals surface area (Å²) in [6, 6.07) is -0.143. The molecule has 3 atom stereocenters. The highest BCUT2D eigenvalue weighted by Crippen LogP contribution is 2.31. The highest BCUT2D eigenvalue weighted by Gasteiger charge is 2.27. The van der Waals surface area contributed by atoms with E-state index in [-0.39, 0.29) is 25.1 Å². The van der Waals surface area contributed by atoms with E-state index >= 15 is 0 Å². The zero-order valence-corrected chi connectivity index (χ0v) is 13.6. The number of nitrogens with one attached hydrogen (secondary N) is 2. The van der Waals surface area contributed by atoms with Crippen molar-refractivity contribution in [3.8, 4) is 0 Å². The van der Waals surface area contributed by atoms with Crippen molar-refractivity contribution >= 4 is 5.91 Å². The first-order chi connectivity index (χ1) is 10.7. The van der Waals surface area contributed by atoms with E-state index in [1.54, 1.807) is 0 Å². The molecule has 22 heavy (non-hydrogen) atoms. The molecule has 5 heteroatoms. The molecule has 1 aliphatic heterocycles. The number of amides is 1. The Balaban J connectivity index is 1.67. The third kappa shape index (κ3) is 5.86. The molecule has 2 rings (SSSR count). The number of aliphatic hydroxyl groups is 2. The Kier molecular flexibility index (Phi) is 7.63. The van der Waals surface area contributed by atoms with Crippen LogP contribution in [0.1, 0.15) is 57.8 Å². The highest BCUT2D eigenvalue weighted by atomic mass is 16.3. The van der Waals surface area contributed by atoms with Gasteiger partial charge in [-0.1, -0.05) is 44.9 Å². The van der Waals surface area contributed by atoms with Gasteiger partial charge in [-0.05, 0) is 31.2 Å². The molecule has 1 amide bonds. The lowest BCUT2D eigenvalue weighted by Gasteiger charge is -2.31. The van der Waals surface area contributed by atoms with Crippen molar-refractivity contribution in [2.75, 3.05) is 19.7 Å². The van der Waals surface area contributed by atoms with Crippen molar-refractivity contribution in [3.63, 3.8) is 0 Å². The van der Waals surface area contributed by atoms with Gasteiger partial charge < -0.3 is 20.8 Å². The van der Waals surface area contributed by atoms with Crippen LogP contribution in [0.15, 0.2) is 0 Å². The summed E-state index contributed by atoms with van der Waals surface area (Å²) in [5.74, 6) is 1.51. The molecule has 1 heterocycles. The van der Waals surface area contributed by atoms with Gasteiger partial charge in [-0.25, -0.2) is 0 Å². The second-order valence-corrected chi connectivity index (χ2v) is 7.06. The first kappa shape index (κ1) is 17.7. The molecule has 0 bridgehead atoms. The average molecular weight is 312 g/mol. The molecule has 0 aromatic carbocycles. The minimum absolute atomic E-state index is 0.0464. The molecular weight excluding hydrogens is 280 g/mol. The summed E-state index contributed by atoms with van der Waals surface area (Å²) in [4.78, 5) is 12.1. The van der Waals surface area contributed by atoms with Gasteiger partial charge in [0.15, 0.2) is 0 Å². The summed E-state index contributed by atoms with van der Waals surface area (Å²) in [6.07, 6.45) is 10.8. The van der Waals surface area contributed by atoms with E-state index in [1.807, 2.05) is 0 Å². The first-order valence-corrected chi connectivity index (χ1v) is 8.99. The Morgan fingerprint density at radius 1 is 1.14 bits per heavy atom. The van der Waals surface area contributed by atoms with E-state index < -0.39 is 6.10 Å². The maximum Gasteiger partial charge on any atom is 0.237 e. The van der Waals surface area contributed by atoms with Gasteiger partial charge in [-0.2, -0.15) is 0 Å². The molecule has 1 aliphatic carbocycles. The first-order valence-electron chi connectivity index (χ1n) is 8.99. The molecule has 1 saturated heterocycles. The summed E-state index contributed by atoms with van der Waals surface area (Å²) in [5.41, 5.74) is 0. The normalized spacial score (nSPS) is 28.3. The lowest BCUT2D eigenvalue weighted by Crippen LogP contribution is -2.50. The topological polar surface area (TPSA) is 81.6 Å². The van der Waals surface area contributed by atoms with Gasteiger partial charge in [-0.3, -0.25) is 4.79 Å². The lowest BCUT2D eigenvalue weighted by atomic mass is 9.81. The number of carbonyl (C=O) groups excluding carboxylic acids is 1. The van der Waals surface area contributed by atoms with Crippen LogP contribution in [0.2, 0.25) is 0 Å². The maximum absolute atomic E-state index is 12.1. The van der Waals surface area contributed by atoms with Gasteiger partial charge in [0.1, 0.15) is 0 Å². The number of aliphatic hydroxyl groups excluding tert-OH is 2. The predicted octanol–water partition coefficient (Wildman–Crippen LogP) is 1.18. The summed E-state index contributed by atoms with van der Waals surface area (Å²) in [7, 11) is 0. The van der Waals surface area contributed by atoms with Gasteiger partial charge >= 0.3 is 0 Å². The molecule has 0 aromatic rings. The van der Waals surface area contributed by atoms with Crippen molar-refractivity contribution in [3.05, 3.63) is 0 Å².